The van der Waals surface area contributed by atoms with Gasteiger partial charge in [0.25, 0.3) is 5.91 Å². The molecule has 1 saturated carbocycles. The number of nitrogens with one attached hydrogen (secondary N) is 2. The molecule has 0 radical (unpaired) electrons. The van der Waals surface area contributed by atoms with Crippen LogP contribution in [0.15, 0.2) is 18.2 Å². The first kappa shape index (κ1) is 19.2. The topological polar surface area (TPSA) is 47.7 Å². The zero-order chi connectivity index (χ0) is 19.6. The molecule has 2 N–H and O–H groups in total. The van der Waals surface area contributed by atoms with E-state index in [0.29, 0.717) is 19.2 Å². The number of ether oxygens (including phenoxy) is 2. The van der Waals surface area contributed by atoms with Gasteiger partial charge in [-0.3, -0.25) is 4.79 Å². The number of hydrogen-bond donors (Lipinski definition) is 2. The first-order chi connectivity index (χ1) is 14.2. The minimum Gasteiger partial charge on any atom is -0.454 e. The van der Waals surface area contributed by atoms with Crippen LogP contribution in [0.1, 0.15) is 37.7 Å². The first-order valence-electron chi connectivity index (χ1n) is 11.6. The monoisotopic (exact) mass is 401 g/mol. The van der Waals surface area contributed by atoms with Gasteiger partial charge in [-0.1, -0.05) is 19.3 Å². The molecule has 3 heterocycles. The molecular formula is C23H35N3O3+2. The number of likely N-dealkylation sites (tertiary alicyclic amines) is 1. The number of hydrogen-bond acceptors (Lipinski definition) is 3. The first-order valence-corrected chi connectivity index (χ1v) is 11.6. The van der Waals surface area contributed by atoms with E-state index in [1.807, 2.05) is 6.07 Å². The lowest BCUT2D eigenvalue weighted by atomic mass is 9.75. The Morgan fingerprint density at radius 2 is 1.72 bits per heavy atom. The van der Waals surface area contributed by atoms with Crippen molar-refractivity contribution in [3.05, 3.63) is 23.8 Å². The highest BCUT2D eigenvalue weighted by molar-refractivity contribution is 5.77. The maximum absolute atomic E-state index is 12.9. The van der Waals surface area contributed by atoms with Crippen molar-refractivity contribution in [3.63, 3.8) is 0 Å². The summed E-state index contributed by atoms with van der Waals surface area (Å²) in [4.78, 5) is 18.1. The standard InChI is InChI=1S/C23H33N3O3/c27-23(26-8-7-19-3-1-2-4-20(19)15-26)16-25-11-9-24(10-12-25)14-18-5-6-21-22(13-18)29-17-28-21/h5-6,13,19-20H,1-4,7-12,14-17H2/p+2/t19-,20+/m1/s1. The summed E-state index contributed by atoms with van der Waals surface area (Å²) < 4.78 is 10.9. The largest absolute Gasteiger partial charge is 0.454 e. The normalized spacial score (nSPS) is 31.4. The van der Waals surface area contributed by atoms with E-state index in [9.17, 15) is 4.79 Å². The highest BCUT2D eigenvalue weighted by Gasteiger charge is 2.34. The number of fused-ring (bicyclic) bond motifs is 2. The van der Waals surface area contributed by atoms with Gasteiger partial charge in [0.15, 0.2) is 18.0 Å². The third-order valence-electron chi connectivity index (χ3n) is 7.60. The Morgan fingerprint density at radius 3 is 2.59 bits per heavy atom. The molecule has 0 unspecified atom stereocenters. The van der Waals surface area contributed by atoms with Gasteiger partial charge in [0.1, 0.15) is 32.7 Å². The van der Waals surface area contributed by atoms with Crippen molar-refractivity contribution >= 4 is 5.91 Å². The summed E-state index contributed by atoms with van der Waals surface area (Å²) in [6.45, 7) is 8.50. The van der Waals surface area contributed by atoms with Gasteiger partial charge >= 0.3 is 0 Å². The lowest BCUT2D eigenvalue weighted by molar-refractivity contribution is -1.02. The van der Waals surface area contributed by atoms with Crippen molar-refractivity contribution in [1.29, 1.82) is 0 Å². The molecule has 29 heavy (non-hydrogen) atoms. The Kier molecular flexibility index (Phi) is 5.64. The molecule has 1 aromatic carbocycles. The molecule has 6 nitrogen and oxygen atoms in total. The van der Waals surface area contributed by atoms with Crippen molar-refractivity contribution in [2.45, 2.75) is 38.6 Å². The van der Waals surface area contributed by atoms with Gasteiger partial charge in [-0.2, -0.15) is 0 Å². The minimum absolute atomic E-state index is 0.333. The van der Waals surface area contributed by atoms with E-state index in [1.54, 1.807) is 4.90 Å². The Bertz CT molecular complexity index is 732. The quantitative estimate of drug-likeness (QED) is 0.731. The summed E-state index contributed by atoms with van der Waals surface area (Å²) in [7, 11) is 0. The van der Waals surface area contributed by atoms with Gasteiger partial charge in [0, 0.05) is 18.7 Å². The molecule has 3 fully saturated rings. The van der Waals surface area contributed by atoms with Crippen molar-refractivity contribution in [2.75, 3.05) is 52.6 Å². The van der Waals surface area contributed by atoms with Crippen LogP contribution in [0.25, 0.3) is 0 Å². The molecule has 6 heteroatoms. The van der Waals surface area contributed by atoms with Crippen LogP contribution in [-0.4, -0.2) is 63.4 Å². The van der Waals surface area contributed by atoms with Crippen LogP contribution in [0.3, 0.4) is 0 Å². The predicted molar refractivity (Wildman–Crippen MR) is 109 cm³/mol. The van der Waals surface area contributed by atoms with E-state index in [-0.39, 0.29) is 0 Å². The minimum atomic E-state index is 0.333. The van der Waals surface area contributed by atoms with Crippen molar-refractivity contribution in [3.8, 4) is 11.5 Å². The summed E-state index contributed by atoms with van der Waals surface area (Å²) in [5, 5.41) is 0. The van der Waals surface area contributed by atoms with Crippen LogP contribution in [0.4, 0.5) is 0 Å². The van der Waals surface area contributed by atoms with E-state index in [2.05, 4.69) is 17.0 Å². The van der Waals surface area contributed by atoms with Crippen LogP contribution in [-0.2, 0) is 11.3 Å². The van der Waals surface area contributed by atoms with Crippen LogP contribution < -0.4 is 19.3 Å². The van der Waals surface area contributed by atoms with Gasteiger partial charge in [-0.05, 0) is 42.9 Å². The van der Waals surface area contributed by atoms with Gasteiger partial charge in [0.2, 0.25) is 6.79 Å². The number of piperazine rings is 1. The second-order valence-corrected chi connectivity index (χ2v) is 9.47. The predicted octanol–water partition coefficient (Wildman–Crippen LogP) is -0.263. The number of nitrogens with zero attached hydrogens (tertiary/aromatic N) is 1. The summed E-state index contributed by atoms with van der Waals surface area (Å²) >= 11 is 0. The third-order valence-corrected chi connectivity index (χ3v) is 7.60. The lowest BCUT2D eigenvalue weighted by Gasteiger charge is -2.41. The van der Waals surface area contributed by atoms with Crippen molar-refractivity contribution < 1.29 is 24.1 Å². The Balaban J connectivity index is 1.07. The van der Waals surface area contributed by atoms with Crippen LogP contribution >= 0.6 is 0 Å². The fourth-order valence-corrected chi connectivity index (χ4v) is 5.80. The highest BCUT2D eigenvalue weighted by atomic mass is 16.7. The maximum atomic E-state index is 12.9. The number of carbonyl (C=O) groups is 1. The van der Waals surface area contributed by atoms with Gasteiger partial charge in [0.05, 0.1) is 0 Å². The molecule has 1 aliphatic carbocycles. The molecule has 1 aromatic rings. The Hall–Kier alpha value is -1.79. The van der Waals surface area contributed by atoms with E-state index >= 15 is 0 Å². The maximum Gasteiger partial charge on any atom is 0.277 e. The van der Waals surface area contributed by atoms with Gasteiger partial charge in [-0.15, -0.1) is 0 Å². The Morgan fingerprint density at radius 1 is 0.966 bits per heavy atom. The molecule has 3 aliphatic heterocycles. The molecule has 158 valence electrons. The molecule has 2 atom stereocenters. The molecule has 1 amide bonds. The van der Waals surface area contributed by atoms with Crippen LogP contribution in [0, 0.1) is 11.8 Å². The Labute approximate surface area is 173 Å². The van der Waals surface area contributed by atoms with Crippen LogP contribution in [0.2, 0.25) is 0 Å². The van der Waals surface area contributed by atoms with E-state index in [1.165, 1.54) is 42.6 Å². The summed E-state index contributed by atoms with van der Waals surface area (Å²) in [5.41, 5.74) is 1.30. The molecular weight excluding hydrogens is 366 g/mol. The number of benzene rings is 1. The van der Waals surface area contributed by atoms with E-state index < -0.39 is 0 Å². The summed E-state index contributed by atoms with van der Waals surface area (Å²) in [6.07, 6.45) is 6.73. The fourth-order valence-electron chi connectivity index (χ4n) is 5.80. The zero-order valence-corrected chi connectivity index (χ0v) is 17.5. The number of piperidine rings is 1. The van der Waals surface area contributed by atoms with Crippen molar-refractivity contribution in [2.24, 2.45) is 11.8 Å². The number of quaternary nitrogens is 2. The third kappa shape index (κ3) is 4.38. The van der Waals surface area contributed by atoms with Crippen molar-refractivity contribution in [1.82, 2.24) is 4.90 Å². The molecule has 5 rings (SSSR count). The average molecular weight is 402 g/mol. The number of rotatable bonds is 4. The molecule has 0 spiro atoms. The second kappa shape index (κ2) is 8.52. The molecule has 0 aromatic heterocycles. The number of carbonyl (C=O) groups excluding carboxylic acids is 1. The molecule has 2 saturated heterocycles. The average Bonchev–Trinajstić information content (AvgIpc) is 3.23. The van der Waals surface area contributed by atoms with E-state index in [4.69, 9.17) is 9.47 Å². The van der Waals surface area contributed by atoms with Gasteiger partial charge < -0.3 is 24.2 Å². The summed E-state index contributed by atoms with van der Waals surface area (Å²) in [6, 6.07) is 6.29. The van der Waals surface area contributed by atoms with Gasteiger partial charge in [-0.25, -0.2) is 0 Å². The lowest BCUT2D eigenvalue weighted by Crippen LogP contribution is -3.28. The summed E-state index contributed by atoms with van der Waals surface area (Å²) in [5.74, 6) is 3.79. The number of amides is 1. The fraction of sp³-hybridized carbons (Fsp3) is 0.696. The second-order valence-electron chi connectivity index (χ2n) is 9.47. The molecule has 4 aliphatic rings. The molecule has 0 bridgehead atoms. The van der Waals surface area contributed by atoms with E-state index in [0.717, 1.165) is 69.1 Å². The SMILES string of the molecule is O=C(C[NH+]1CC[NH+](Cc2ccc3c(c2)OCO3)CC1)N1CC[C@H]2CCCC[C@H]2C1. The zero-order valence-electron chi connectivity index (χ0n) is 17.5. The van der Waals surface area contributed by atoms with Crippen LogP contribution in [0.5, 0.6) is 11.5 Å². The highest BCUT2D eigenvalue weighted by Crippen LogP contribution is 2.36. The smallest absolute Gasteiger partial charge is 0.277 e.